The van der Waals surface area contributed by atoms with Crippen molar-refractivity contribution in [2.75, 3.05) is 20.2 Å². The number of nitrogens with two attached hydrogens (primary N) is 1. The van der Waals surface area contributed by atoms with Crippen molar-refractivity contribution in [2.24, 2.45) is 29.4 Å². The number of primary amides is 1. The first-order valence-corrected chi connectivity index (χ1v) is 19.1. The van der Waals surface area contributed by atoms with Gasteiger partial charge in [0.1, 0.15) is 28.9 Å². The number of carbonyl (C=O) groups is 4. The zero-order chi connectivity index (χ0) is 36.2. The van der Waals surface area contributed by atoms with E-state index in [9.17, 15) is 19.2 Å². The Morgan fingerprint density at radius 3 is 2.50 bits per heavy atom. The number of Topliss-reactive ketones (excluding diaryl/α,β-unsaturated/α-hetero) is 1. The molecule has 3 fully saturated rings. The summed E-state index contributed by atoms with van der Waals surface area (Å²) >= 11 is 0. The molecule has 1 saturated heterocycles. The van der Waals surface area contributed by atoms with Crippen LogP contribution in [0.1, 0.15) is 77.0 Å². The van der Waals surface area contributed by atoms with Crippen LogP contribution in [0.2, 0.25) is 0 Å². The fourth-order valence-corrected chi connectivity index (χ4v) is 8.57. The van der Waals surface area contributed by atoms with Gasteiger partial charge in [-0.05, 0) is 69.9 Å². The molecule has 3 amide bonds. The van der Waals surface area contributed by atoms with Gasteiger partial charge >= 0.3 is 0 Å². The number of hydrogen-bond donors (Lipinski definition) is 2. The predicted octanol–water partition coefficient (Wildman–Crippen LogP) is 6.15. The number of rotatable bonds is 7. The summed E-state index contributed by atoms with van der Waals surface area (Å²) in [5.41, 5.74) is 7.10. The second kappa shape index (κ2) is 15.5. The average molecular weight is 707 g/mol. The number of nitrogens with zero attached hydrogens (tertiary/aromatic N) is 2. The number of methoxy groups -OCH3 is 1. The first-order chi connectivity index (χ1) is 25.3. The summed E-state index contributed by atoms with van der Waals surface area (Å²) in [6, 6.07) is 17.4. The van der Waals surface area contributed by atoms with Crippen molar-refractivity contribution < 1.29 is 28.7 Å². The Labute approximate surface area is 305 Å². The average Bonchev–Trinajstić information content (AvgIpc) is 3.70. The Hall–Kier alpha value is -4.73. The highest BCUT2D eigenvalue weighted by Crippen LogP contribution is 2.47. The van der Waals surface area contributed by atoms with E-state index in [1.165, 1.54) is 0 Å². The minimum atomic E-state index is -1.16. The van der Waals surface area contributed by atoms with Crippen LogP contribution in [-0.2, 0) is 19.2 Å². The maximum Gasteiger partial charge on any atom is 0.243 e. The van der Waals surface area contributed by atoms with Crippen LogP contribution >= 0.6 is 0 Å². The molecule has 0 bridgehead atoms. The number of allylic oxidation sites excluding steroid dienone is 1. The fourth-order valence-electron chi connectivity index (χ4n) is 8.57. The highest BCUT2D eigenvalue weighted by molar-refractivity contribution is 5.98. The Kier molecular flexibility index (Phi) is 10.6. The van der Waals surface area contributed by atoms with Crippen LogP contribution in [0.3, 0.4) is 0 Å². The molecule has 4 aliphatic rings. The van der Waals surface area contributed by atoms with Crippen molar-refractivity contribution in [3.8, 4) is 22.8 Å². The van der Waals surface area contributed by atoms with Gasteiger partial charge in [0.15, 0.2) is 0 Å². The van der Waals surface area contributed by atoms with Crippen molar-refractivity contribution >= 4 is 34.4 Å². The number of amides is 3. The number of hydrogen-bond acceptors (Lipinski definition) is 7. The molecule has 10 nitrogen and oxygen atoms in total. The van der Waals surface area contributed by atoms with E-state index in [1.54, 1.807) is 7.11 Å². The number of pyridine rings is 1. The first-order valence-electron chi connectivity index (χ1n) is 19.1. The molecule has 2 aliphatic heterocycles. The minimum absolute atomic E-state index is 0.0197. The number of nitrogens with one attached hydrogen (secondary N) is 1. The summed E-state index contributed by atoms with van der Waals surface area (Å²) in [7, 11) is 1.61. The molecular weight excluding hydrogens is 656 g/mol. The number of likely N-dealkylation sites (tertiary alicyclic amines) is 1. The van der Waals surface area contributed by atoms with Gasteiger partial charge in [0.25, 0.3) is 0 Å². The van der Waals surface area contributed by atoms with Gasteiger partial charge in [0.2, 0.25) is 17.7 Å². The van der Waals surface area contributed by atoms with Crippen molar-refractivity contribution in [1.82, 2.24) is 15.2 Å². The molecule has 52 heavy (non-hydrogen) atoms. The smallest absolute Gasteiger partial charge is 0.243 e. The zero-order valence-corrected chi connectivity index (χ0v) is 30.1. The van der Waals surface area contributed by atoms with Crippen LogP contribution < -0.4 is 20.5 Å². The second-order valence-corrected chi connectivity index (χ2v) is 15.1. The van der Waals surface area contributed by atoms with Crippen molar-refractivity contribution in [2.45, 2.75) is 88.7 Å². The summed E-state index contributed by atoms with van der Waals surface area (Å²) in [5.74, 6) is -1.77. The number of carbonyl (C=O) groups excluding carboxylic acids is 4. The number of aromatic nitrogens is 1. The number of benzene rings is 2. The summed E-state index contributed by atoms with van der Waals surface area (Å²) in [4.78, 5) is 62.2. The molecule has 2 saturated carbocycles. The van der Waals surface area contributed by atoms with Gasteiger partial charge in [-0.15, -0.1) is 0 Å². The summed E-state index contributed by atoms with van der Waals surface area (Å²) in [6.07, 6.45) is 12.0. The van der Waals surface area contributed by atoms with Crippen LogP contribution in [0, 0.1) is 23.7 Å². The third kappa shape index (κ3) is 7.57. The first kappa shape index (κ1) is 35.7. The van der Waals surface area contributed by atoms with E-state index in [2.05, 4.69) is 11.4 Å². The molecule has 3 aromatic rings. The van der Waals surface area contributed by atoms with E-state index in [0.29, 0.717) is 36.3 Å². The molecular formula is C42H50N4O6. The molecule has 0 spiro atoms. The van der Waals surface area contributed by atoms with E-state index in [-0.39, 0.29) is 36.4 Å². The Balaban J connectivity index is 1.21. The van der Waals surface area contributed by atoms with E-state index in [1.807, 2.05) is 65.6 Å². The molecule has 1 aromatic heterocycles. The standard InChI is InChI=1S/C42H50N4O6/c1-51-30-17-18-32-36(24-30)44-35(27-13-8-5-9-14-27)25-37(32)52-31-22-33-34(23-31)40(49)45-42(41(43)50)26-29(42)16-10-4-2-3-7-15-28(39(33)48)21-38(47)46-19-11-6-12-20-46/h5,8-10,13-14,16-18,24-25,28-29,31,33-34H,2-4,6-7,11-12,15,19-23,26H2,1H3,(H2,43,50)(H,45,49)/b16-10-/t28-,29-,31+,33?,34-,42-/m1/s1. The van der Waals surface area contributed by atoms with Crippen molar-refractivity contribution in [3.63, 3.8) is 0 Å². The molecule has 2 aliphatic carbocycles. The van der Waals surface area contributed by atoms with Gasteiger partial charge in [-0.25, -0.2) is 4.98 Å². The molecule has 3 N–H and O–H groups in total. The Morgan fingerprint density at radius 2 is 1.73 bits per heavy atom. The van der Waals surface area contributed by atoms with Gasteiger partial charge in [0, 0.05) is 60.3 Å². The second-order valence-electron chi connectivity index (χ2n) is 15.1. The quantitative estimate of drug-likeness (QED) is 0.281. The molecule has 3 heterocycles. The van der Waals surface area contributed by atoms with Crippen LogP contribution in [0.15, 0.2) is 66.7 Å². The molecule has 1 unspecified atom stereocenters. The van der Waals surface area contributed by atoms with Gasteiger partial charge in [-0.2, -0.15) is 0 Å². The lowest BCUT2D eigenvalue weighted by atomic mass is 9.80. The van der Waals surface area contributed by atoms with Crippen LogP contribution in [0.4, 0.5) is 0 Å². The van der Waals surface area contributed by atoms with Crippen molar-refractivity contribution in [3.05, 3.63) is 66.7 Å². The highest BCUT2D eigenvalue weighted by Gasteiger charge is 2.60. The zero-order valence-electron chi connectivity index (χ0n) is 30.1. The van der Waals surface area contributed by atoms with Gasteiger partial charge < -0.3 is 25.4 Å². The summed E-state index contributed by atoms with van der Waals surface area (Å²) < 4.78 is 12.3. The summed E-state index contributed by atoms with van der Waals surface area (Å²) in [5, 5.41) is 3.81. The Bertz CT molecular complexity index is 1840. The summed E-state index contributed by atoms with van der Waals surface area (Å²) in [6.45, 7) is 1.45. The highest BCUT2D eigenvalue weighted by atomic mass is 16.5. The van der Waals surface area contributed by atoms with Crippen molar-refractivity contribution in [1.29, 1.82) is 0 Å². The third-order valence-corrected chi connectivity index (χ3v) is 11.7. The lowest BCUT2D eigenvalue weighted by Gasteiger charge is -2.29. The molecule has 6 atom stereocenters. The topological polar surface area (TPSA) is 141 Å². The molecule has 274 valence electrons. The molecule has 0 radical (unpaired) electrons. The number of ketones is 1. The lowest BCUT2D eigenvalue weighted by Crippen LogP contribution is -2.51. The van der Waals surface area contributed by atoms with Crippen LogP contribution in [0.5, 0.6) is 11.5 Å². The maximum atomic E-state index is 14.7. The minimum Gasteiger partial charge on any atom is -0.497 e. The maximum absolute atomic E-state index is 14.7. The molecule has 10 heteroatoms. The van der Waals surface area contributed by atoms with Crippen LogP contribution in [-0.4, -0.2) is 65.2 Å². The van der Waals surface area contributed by atoms with E-state index in [4.69, 9.17) is 20.2 Å². The van der Waals surface area contributed by atoms with E-state index in [0.717, 1.165) is 74.7 Å². The van der Waals surface area contributed by atoms with Crippen LogP contribution in [0.25, 0.3) is 22.2 Å². The fraction of sp³-hybridized carbons (Fsp3) is 0.500. The predicted molar refractivity (Wildman–Crippen MR) is 198 cm³/mol. The number of ether oxygens (including phenoxy) is 2. The lowest BCUT2D eigenvalue weighted by molar-refractivity contribution is -0.140. The third-order valence-electron chi connectivity index (χ3n) is 11.7. The molecule has 2 aromatic carbocycles. The van der Waals surface area contributed by atoms with E-state index >= 15 is 0 Å². The number of piperidine rings is 1. The molecule has 7 rings (SSSR count). The van der Waals surface area contributed by atoms with E-state index < -0.39 is 35.3 Å². The van der Waals surface area contributed by atoms with Gasteiger partial charge in [-0.3, -0.25) is 19.2 Å². The largest absolute Gasteiger partial charge is 0.497 e. The SMILES string of the molecule is COc1ccc2c(O[C@H]3CC4C(=O)[C@@H](CC(=O)N5CCCCC5)CCCCC/C=C\[C@@H]5C[C@@]5(C(N)=O)NC(=O)[C@@H]4C3)cc(-c3ccccc3)nc2c1. The van der Waals surface area contributed by atoms with Gasteiger partial charge in [0.05, 0.1) is 24.2 Å². The normalized spacial score (nSPS) is 28.8. The monoisotopic (exact) mass is 706 g/mol. The number of fused-ring (bicyclic) bond motifs is 3. The van der Waals surface area contributed by atoms with Gasteiger partial charge in [-0.1, -0.05) is 55.3 Å². The Morgan fingerprint density at radius 1 is 0.962 bits per heavy atom.